The number of hydrogen-bond acceptors (Lipinski definition) is 3. The molecule has 0 radical (unpaired) electrons. The maximum absolute atomic E-state index is 6.55. The average Bonchev–Trinajstić information content (AvgIpc) is 2.75. The van der Waals surface area contributed by atoms with Gasteiger partial charge in [0.2, 0.25) is 0 Å². The van der Waals surface area contributed by atoms with Crippen molar-refractivity contribution in [1.82, 2.24) is 4.90 Å². The Morgan fingerprint density at radius 2 is 1.94 bits per heavy atom. The van der Waals surface area contributed by atoms with E-state index in [0.29, 0.717) is 0 Å². The monoisotopic (exact) mass is 254 g/mol. The van der Waals surface area contributed by atoms with Gasteiger partial charge in [0.15, 0.2) is 0 Å². The molecule has 0 aliphatic rings. The van der Waals surface area contributed by atoms with Crippen molar-refractivity contribution < 1.29 is 0 Å². The molecule has 0 aromatic carbocycles. The molecule has 1 rings (SSSR count). The van der Waals surface area contributed by atoms with Gasteiger partial charge in [-0.1, -0.05) is 20.8 Å². The first-order chi connectivity index (χ1) is 8.01. The van der Waals surface area contributed by atoms with Crippen molar-refractivity contribution in [3.05, 3.63) is 21.9 Å². The first kappa shape index (κ1) is 14.7. The second kappa shape index (κ2) is 5.98. The van der Waals surface area contributed by atoms with Gasteiger partial charge in [-0.15, -0.1) is 11.3 Å². The van der Waals surface area contributed by atoms with Gasteiger partial charge in [0.05, 0.1) is 0 Å². The zero-order chi connectivity index (χ0) is 13.1. The van der Waals surface area contributed by atoms with Crippen molar-refractivity contribution in [1.29, 1.82) is 0 Å². The van der Waals surface area contributed by atoms with Crippen LogP contribution in [-0.2, 0) is 0 Å². The third kappa shape index (κ3) is 2.72. The maximum atomic E-state index is 6.55. The van der Waals surface area contributed by atoms with Gasteiger partial charge >= 0.3 is 0 Å². The van der Waals surface area contributed by atoms with E-state index in [9.17, 15) is 0 Å². The molecule has 0 bridgehead atoms. The second-order valence-corrected chi connectivity index (χ2v) is 5.91. The van der Waals surface area contributed by atoms with Crippen LogP contribution in [0, 0.1) is 6.92 Å². The molecule has 1 aromatic heterocycles. The summed E-state index contributed by atoms with van der Waals surface area (Å²) in [6.07, 6.45) is 1.07. The third-order valence-electron chi connectivity index (χ3n) is 4.11. The van der Waals surface area contributed by atoms with E-state index in [1.165, 1.54) is 10.4 Å². The third-order valence-corrected chi connectivity index (χ3v) is 4.97. The molecule has 98 valence electrons. The number of hydrogen-bond donors (Lipinski definition) is 1. The summed E-state index contributed by atoms with van der Waals surface area (Å²) < 4.78 is 0. The number of likely N-dealkylation sites (N-methyl/N-ethyl adjacent to an activating group) is 1. The zero-order valence-electron chi connectivity index (χ0n) is 11.8. The molecule has 2 atom stereocenters. The van der Waals surface area contributed by atoms with Gasteiger partial charge in [0.1, 0.15) is 0 Å². The minimum absolute atomic E-state index is 0.0509. The highest BCUT2D eigenvalue weighted by molar-refractivity contribution is 7.10. The molecule has 0 aliphatic heterocycles. The van der Waals surface area contributed by atoms with E-state index in [2.05, 4.69) is 51.0 Å². The number of rotatable bonds is 6. The summed E-state index contributed by atoms with van der Waals surface area (Å²) in [5, 5.41) is 2.14. The lowest BCUT2D eigenvalue weighted by atomic mass is 9.83. The summed E-state index contributed by atoms with van der Waals surface area (Å²) >= 11 is 1.79. The van der Waals surface area contributed by atoms with Crippen LogP contribution in [0.2, 0.25) is 0 Å². The minimum atomic E-state index is 0.0509. The highest BCUT2D eigenvalue weighted by atomic mass is 32.1. The molecule has 1 heterocycles. The fraction of sp³-hybridized carbons (Fsp3) is 0.714. The van der Waals surface area contributed by atoms with Crippen LogP contribution in [-0.4, -0.2) is 23.5 Å². The Morgan fingerprint density at radius 3 is 2.29 bits per heavy atom. The van der Waals surface area contributed by atoms with Crippen LogP contribution in [0.15, 0.2) is 11.4 Å². The van der Waals surface area contributed by atoms with Gasteiger partial charge in [0, 0.05) is 16.5 Å². The van der Waals surface area contributed by atoms with E-state index in [4.69, 9.17) is 5.73 Å². The van der Waals surface area contributed by atoms with Crippen molar-refractivity contribution in [2.75, 3.05) is 13.1 Å². The molecule has 0 aliphatic carbocycles. The topological polar surface area (TPSA) is 29.3 Å². The first-order valence-electron chi connectivity index (χ1n) is 6.55. The van der Waals surface area contributed by atoms with Crippen LogP contribution >= 0.6 is 11.3 Å². The molecule has 0 saturated heterocycles. The molecule has 3 heteroatoms. The largest absolute Gasteiger partial charge is 0.322 e. The minimum Gasteiger partial charge on any atom is -0.322 e. The Kier molecular flexibility index (Phi) is 5.17. The summed E-state index contributed by atoms with van der Waals surface area (Å²) in [5.74, 6) is 0. The van der Waals surface area contributed by atoms with Gasteiger partial charge < -0.3 is 5.73 Å². The maximum Gasteiger partial charge on any atom is 0.0490 e. The normalized spacial score (nSPS) is 17.1. The Morgan fingerprint density at radius 1 is 1.35 bits per heavy atom. The van der Waals surface area contributed by atoms with Gasteiger partial charge in [-0.2, -0.15) is 0 Å². The molecule has 0 fully saturated rings. The number of nitrogens with zero attached hydrogens (tertiary/aromatic N) is 1. The van der Waals surface area contributed by atoms with Crippen LogP contribution < -0.4 is 5.73 Å². The molecular weight excluding hydrogens is 228 g/mol. The van der Waals surface area contributed by atoms with Crippen molar-refractivity contribution in [2.45, 2.75) is 52.6 Å². The average molecular weight is 254 g/mol. The highest BCUT2D eigenvalue weighted by Crippen LogP contribution is 2.35. The summed E-state index contributed by atoms with van der Waals surface area (Å²) in [5.41, 5.74) is 7.91. The highest BCUT2D eigenvalue weighted by Gasteiger charge is 2.36. The van der Waals surface area contributed by atoms with Crippen LogP contribution in [0.1, 0.15) is 50.6 Å². The lowest BCUT2D eigenvalue weighted by molar-refractivity contribution is 0.0844. The molecule has 0 spiro atoms. The summed E-state index contributed by atoms with van der Waals surface area (Å²) in [6, 6.07) is 2.28. The standard InChI is InChI=1S/C14H26N2S/c1-6-14(5,16(7-2)8-3)13(15)12-9-10-17-11(12)4/h9-10,13H,6-8,15H2,1-5H3. The Balaban J connectivity index is 3.04. The van der Waals surface area contributed by atoms with E-state index in [1.807, 2.05) is 0 Å². The van der Waals surface area contributed by atoms with Crippen LogP contribution in [0.3, 0.4) is 0 Å². The van der Waals surface area contributed by atoms with E-state index in [0.717, 1.165) is 19.5 Å². The molecule has 2 N–H and O–H groups in total. The molecule has 0 amide bonds. The van der Waals surface area contributed by atoms with Crippen LogP contribution in [0.5, 0.6) is 0 Å². The van der Waals surface area contributed by atoms with E-state index in [-0.39, 0.29) is 11.6 Å². The van der Waals surface area contributed by atoms with Crippen LogP contribution in [0.25, 0.3) is 0 Å². The van der Waals surface area contributed by atoms with Crippen molar-refractivity contribution >= 4 is 11.3 Å². The molecule has 2 unspecified atom stereocenters. The predicted molar refractivity (Wildman–Crippen MR) is 77.6 cm³/mol. The van der Waals surface area contributed by atoms with Crippen molar-refractivity contribution in [2.24, 2.45) is 5.73 Å². The Labute approximate surface area is 110 Å². The SMILES string of the molecule is CCN(CC)C(C)(CC)C(N)c1ccsc1C. The quantitative estimate of drug-likeness (QED) is 0.841. The molecule has 1 aromatic rings. The smallest absolute Gasteiger partial charge is 0.0490 e. The number of aryl methyl sites for hydroxylation is 1. The van der Waals surface area contributed by atoms with Crippen LogP contribution in [0.4, 0.5) is 0 Å². The zero-order valence-corrected chi connectivity index (χ0v) is 12.6. The molecule has 2 nitrogen and oxygen atoms in total. The Hall–Kier alpha value is -0.380. The predicted octanol–water partition coefficient (Wildman–Crippen LogP) is 3.57. The number of nitrogens with two attached hydrogens (primary N) is 1. The fourth-order valence-corrected chi connectivity index (χ4v) is 3.39. The lowest BCUT2D eigenvalue weighted by Crippen LogP contribution is -2.53. The van der Waals surface area contributed by atoms with E-state index in [1.54, 1.807) is 11.3 Å². The van der Waals surface area contributed by atoms with E-state index < -0.39 is 0 Å². The van der Waals surface area contributed by atoms with Crippen molar-refractivity contribution in [3.8, 4) is 0 Å². The van der Waals surface area contributed by atoms with Gasteiger partial charge in [-0.25, -0.2) is 0 Å². The summed E-state index contributed by atoms with van der Waals surface area (Å²) in [6.45, 7) is 13.2. The summed E-state index contributed by atoms with van der Waals surface area (Å²) in [7, 11) is 0. The number of thiophene rings is 1. The summed E-state index contributed by atoms with van der Waals surface area (Å²) in [4.78, 5) is 3.83. The Bertz CT molecular complexity index is 344. The van der Waals surface area contributed by atoms with E-state index >= 15 is 0 Å². The molecule has 17 heavy (non-hydrogen) atoms. The second-order valence-electron chi connectivity index (χ2n) is 4.79. The van der Waals surface area contributed by atoms with Gasteiger partial charge in [-0.3, -0.25) is 4.90 Å². The van der Waals surface area contributed by atoms with Crippen molar-refractivity contribution in [3.63, 3.8) is 0 Å². The molecule has 0 saturated carbocycles. The van der Waals surface area contributed by atoms with Gasteiger partial charge in [0.25, 0.3) is 0 Å². The fourth-order valence-electron chi connectivity index (χ4n) is 2.64. The first-order valence-corrected chi connectivity index (χ1v) is 7.43. The molecular formula is C14H26N2S. The van der Waals surface area contributed by atoms with Gasteiger partial charge in [-0.05, 0) is 50.4 Å². The lowest BCUT2D eigenvalue weighted by Gasteiger charge is -2.44.